The molecule has 2 rings (SSSR count). The van der Waals surface area contributed by atoms with E-state index in [0.29, 0.717) is 11.4 Å². The van der Waals surface area contributed by atoms with Crippen LogP contribution in [0, 0.1) is 5.92 Å². The summed E-state index contributed by atoms with van der Waals surface area (Å²) in [5.74, 6) is -0.590. The van der Waals surface area contributed by atoms with Gasteiger partial charge in [-0.3, -0.25) is 4.79 Å². The van der Waals surface area contributed by atoms with E-state index in [9.17, 15) is 9.59 Å². The molecular formula is C15H19NO4. The predicted molar refractivity (Wildman–Crippen MR) is 75.2 cm³/mol. The van der Waals surface area contributed by atoms with Crippen molar-refractivity contribution in [2.45, 2.75) is 32.1 Å². The second-order valence-corrected chi connectivity index (χ2v) is 5.04. The molecule has 1 fully saturated rings. The quantitative estimate of drug-likeness (QED) is 0.887. The molecule has 0 unspecified atom stereocenters. The van der Waals surface area contributed by atoms with Gasteiger partial charge in [0.25, 0.3) is 0 Å². The summed E-state index contributed by atoms with van der Waals surface area (Å²) in [4.78, 5) is 23.2. The standard InChI is InChI=1S/C15H19NO4/c1-20-13-8-7-11(15(18)19)9-12(13)16-14(17)10-5-3-2-4-6-10/h7-10H,2-6H2,1H3,(H,16,17)(H,18,19). The second kappa shape index (κ2) is 6.41. The van der Waals surface area contributed by atoms with Crippen LogP contribution in [0.1, 0.15) is 42.5 Å². The number of rotatable bonds is 4. The Balaban J connectivity index is 2.15. The molecule has 5 nitrogen and oxygen atoms in total. The molecule has 0 aliphatic heterocycles. The monoisotopic (exact) mass is 277 g/mol. The Labute approximate surface area is 117 Å². The minimum atomic E-state index is -1.03. The van der Waals surface area contributed by atoms with Crippen molar-refractivity contribution < 1.29 is 19.4 Å². The lowest BCUT2D eigenvalue weighted by Gasteiger charge is -2.21. The highest BCUT2D eigenvalue weighted by Gasteiger charge is 2.22. The summed E-state index contributed by atoms with van der Waals surface area (Å²) in [5.41, 5.74) is 0.549. The van der Waals surface area contributed by atoms with Gasteiger partial charge in [-0.15, -0.1) is 0 Å². The van der Waals surface area contributed by atoms with Crippen LogP contribution in [0.25, 0.3) is 0 Å². The lowest BCUT2D eigenvalue weighted by Crippen LogP contribution is -2.25. The van der Waals surface area contributed by atoms with Gasteiger partial charge in [0, 0.05) is 5.92 Å². The number of carbonyl (C=O) groups is 2. The van der Waals surface area contributed by atoms with Crippen molar-refractivity contribution in [3.8, 4) is 5.75 Å². The van der Waals surface area contributed by atoms with E-state index in [-0.39, 0.29) is 17.4 Å². The first kappa shape index (κ1) is 14.4. The number of amides is 1. The van der Waals surface area contributed by atoms with E-state index in [1.54, 1.807) is 6.07 Å². The Morgan fingerprint density at radius 1 is 1.25 bits per heavy atom. The zero-order chi connectivity index (χ0) is 14.5. The van der Waals surface area contributed by atoms with Crippen molar-refractivity contribution >= 4 is 17.6 Å². The van der Waals surface area contributed by atoms with Crippen molar-refractivity contribution in [3.05, 3.63) is 23.8 Å². The maximum absolute atomic E-state index is 12.2. The van der Waals surface area contributed by atoms with Crippen LogP contribution in [0.2, 0.25) is 0 Å². The first-order valence-corrected chi connectivity index (χ1v) is 6.84. The van der Waals surface area contributed by atoms with Gasteiger partial charge in [-0.1, -0.05) is 19.3 Å². The van der Waals surface area contributed by atoms with Crippen LogP contribution in [-0.4, -0.2) is 24.1 Å². The number of carboxylic acids is 1. The number of hydrogen-bond donors (Lipinski definition) is 2. The molecule has 0 spiro atoms. The summed E-state index contributed by atoms with van der Waals surface area (Å²) < 4.78 is 5.16. The number of carboxylic acid groups (broad SMARTS) is 1. The molecule has 1 saturated carbocycles. The molecule has 1 aliphatic rings. The average molecular weight is 277 g/mol. The largest absolute Gasteiger partial charge is 0.495 e. The molecule has 5 heteroatoms. The van der Waals surface area contributed by atoms with E-state index < -0.39 is 5.97 Å². The van der Waals surface area contributed by atoms with E-state index in [4.69, 9.17) is 9.84 Å². The molecule has 1 aliphatic carbocycles. The maximum atomic E-state index is 12.2. The van der Waals surface area contributed by atoms with E-state index in [0.717, 1.165) is 25.7 Å². The van der Waals surface area contributed by atoms with E-state index >= 15 is 0 Å². The SMILES string of the molecule is COc1ccc(C(=O)O)cc1NC(=O)C1CCCCC1. The van der Waals surface area contributed by atoms with Crippen molar-refractivity contribution in [1.29, 1.82) is 0 Å². The van der Waals surface area contributed by atoms with Crippen LogP contribution in [0.5, 0.6) is 5.75 Å². The van der Waals surface area contributed by atoms with Crippen LogP contribution in [-0.2, 0) is 4.79 Å². The molecule has 0 heterocycles. The van der Waals surface area contributed by atoms with Crippen LogP contribution in [0.3, 0.4) is 0 Å². The number of aromatic carboxylic acids is 1. The van der Waals surface area contributed by atoms with Gasteiger partial charge < -0.3 is 15.2 Å². The van der Waals surface area contributed by atoms with Crippen molar-refractivity contribution in [2.75, 3.05) is 12.4 Å². The fourth-order valence-corrected chi connectivity index (χ4v) is 2.54. The number of methoxy groups -OCH3 is 1. The summed E-state index contributed by atoms with van der Waals surface area (Å²) in [6.45, 7) is 0. The molecule has 0 atom stereocenters. The van der Waals surface area contributed by atoms with Gasteiger partial charge in [-0.05, 0) is 31.0 Å². The minimum Gasteiger partial charge on any atom is -0.495 e. The number of hydrogen-bond acceptors (Lipinski definition) is 3. The third kappa shape index (κ3) is 3.29. The average Bonchev–Trinajstić information content (AvgIpc) is 2.48. The van der Waals surface area contributed by atoms with E-state index in [1.165, 1.54) is 25.7 Å². The third-order valence-electron chi connectivity index (χ3n) is 3.68. The van der Waals surface area contributed by atoms with Gasteiger partial charge in [-0.25, -0.2) is 4.79 Å². The fourth-order valence-electron chi connectivity index (χ4n) is 2.54. The topological polar surface area (TPSA) is 75.6 Å². The molecule has 1 aromatic rings. The molecule has 0 radical (unpaired) electrons. The molecular weight excluding hydrogens is 258 g/mol. The molecule has 20 heavy (non-hydrogen) atoms. The van der Waals surface area contributed by atoms with Gasteiger partial charge in [0.1, 0.15) is 5.75 Å². The zero-order valence-corrected chi connectivity index (χ0v) is 11.5. The molecule has 1 amide bonds. The van der Waals surface area contributed by atoms with Gasteiger partial charge >= 0.3 is 5.97 Å². The molecule has 0 saturated heterocycles. The highest BCUT2D eigenvalue weighted by molar-refractivity contribution is 5.96. The molecule has 108 valence electrons. The van der Waals surface area contributed by atoms with Crippen molar-refractivity contribution in [2.24, 2.45) is 5.92 Å². The number of nitrogens with one attached hydrogen (secondary N) is 1. The minimum absolute atomic E-state index is 0.0157. The normalized spacial score (nSPS) is 15.7. The highest BCUT2D eigenvalue weighted by atomic mass is 16.5. The van der Waals surface area contributed by atoms with Gasteiger partial charge in [0.2, 0.25) is 5.91 Å². The molecule has 1 aromatic carbocycles. The van der Waals surface area contributed by atoms with Gasteiger partial charge in [0.05, 0.1) is 18.4 Å². The molecule has 0 aromatic heterocycles. The van der Waals surface area contributed by atoms with Crippen LogP contribution in [0.4, 0.5) is 5.69 Å². The van der Waals surface area contributed by atoms with Crippen LogP contribution < -0.4 is 10.1 Å². The summed E-state index contributed by atoms with van der Waals surface area (Å²) in [6.07, 6.45) is 5.12. The van der Waals surface area contributed by atoms with Gasteiger partial charge in [-0.2, -0.15) is 0 Å². The second-order valence-electron chi connectivity index (χ2n) is 5.04. The Morgan fingerprint density at radius 3 is 2.55 bits per heavy atom. The lowest BCUT2D eigenvalue weighted by molar-refractivity contribution is -0.120. The maximum Gasteiger partial charge on any atom is 0.335 e. The number of benzene rings is 1. The summed E-state index contributed by atoms with van der Waals surface area (Å²) >= 11 is 0. The summed E-state index contributed by atoms with van der Waals surface area (Å²) in [5, 5.41) is 11.8. The number of anilines is 1. The Bertz CT molecular complexity index is 507. The third-order valence-corrected chi connectivity index (χ3v) is 3.68. The lowest BCUT2D eigenvalue weighted by atomic mass is 9.88. The number of ether oxygens (including phenoxy) is 1. The number of carbonyl (C=O) groups excluding carboxylic acids is 1. The van der Waals surface area contributed by atoms with Gasteiger partial charge in [0.15, 0.2) is 0 Å². The summed E-state index contributed by atoms with van der Waals surface area (Å²) in [7, 11) is 1.49. The fraction of sp³-hybridized carbons (Fsp3) is 0.467. The smallest absolute Gasteiger partial charge is 0.335 e. The summed E-state index contributed by atoms with van der Waals surface area (Å²) in [6, 6.07) is 4.44. The first-order valence-electron chi connectivity index (χ1n) is 6.84. The van der Waals surface area contributed by atoms with Crippen molar-refractivity contribution in [3.63, 3.8) is 0 Å². The van der Waals surface area contributed by atoms with Crippen molar-refractivity contribution in [1.82, 2.24) is 0 Å². The first-order chi connectivity index (χ1) is 9.61. The Hall–Kier alpha value is -2.04. The predicted octanol–water partition coefficient (Wildman–Crippen LogP) is 2.91. The van der Waals surface area contributed by atoms with E-state index in [2.05, 4.69) is 5.32 Å². The van der Waals surface area contributed by atoms with E-state index in [1.807, 2.05) is 0 Å². The highest BCUT2D eigenvalue weighted by Crippen LogP contribution is 2.29. The molecule has 0 bridgehead atoms. The zero-order valence-electron chi connectivity index (χ0n) is 11.5. The molecule has 2 N–H and O–H groups in total. The van der Waals surface area contributed by atoms with Crippen LogP contribution in [0.15, 0.2) is 18.2 Å². The Kier molecular flexibility index (Phi) is 4.61. The van der Waals surface area contributed by atoms with Crippen LogP contribution >= 0.6 is 0 Å². The Morgan fingerprint density at radius 2 is 1.95 bits per heavy atom.